The van der Waals surface area contributed by atoms with Gasteiger partial charge < -0.3 is 0 Å². The summed E-state index contributed by atoms with van der Waals surface area (Å²) < 4.78 is 4.38. The van der Waals surface area contributed by atoms with Crippen LogP contribution in [0.5, 0.6) is 0 Å². The Morgan fingerprint density at radius 1 is 1.00 bits per heavy atom. The first-order valence-electron chi connectivity index (χ1n) is 13.0. The minimum absolute atomic E-state index is 0.562. The van der Waals surface area contributed by atoms with E-state index in [1.54, 1.807) is 0 Å². The van der Waals surface area contributed by atoms with Gasteiger partial charge in [0.05, 0.1) is 0 Å². The molecule has 0 saturated heterocycles. The summed E-state index contributed by atoms with van der Waals surface area (Å²) in [5, 5.41) is 9.60. The number of aromatic nitrogens is 3. The van der Waals surface area contributed by atoms with Gasteiger partial charge in [0.15, 0.2) is 0 Å². The van der Waals surface area contributed by atoms with Crippen LogP contribution in [0.15, 0.2) is 0 Å². The third-order valence-electron chi connectivity index (χ3n) is 8.80. The van der Waals surface area contributed by atoms with Crippen LogP contribution in [0.25, 0.3) is 0 Å². The van der Waals surface area contributed by atoms with Crippen molar-refractivity contribution < 1.29 is 0 Å². The molecule has 1 aromatic rings. The molecular weight excluding hydrogens is 473 g/mol. The number of rotatable bonds is 13. The molecule has 0 unspecified atom stereocenters. The molecule has 3 aliphatic rings. The quantitative estimate of drug-likeness (QED) is 0.271. The Labute approximate surface area is 196 Å². The molecule has 4 rings (SSSR count). The van der Waals surface area contributed by atoms with Gasteiger partial charge in [-0.2, -0.15) is 0 Å². The Kier molecular flexibility index (Phi) is 8.77. The first kappa shape index (κ1) is 24.6. The number of nitrogens with zero attached hydrogens (tertiary/aromatic N) is 3. The maximum atomic E-state index is 4.85. The average Bonchev–Trinajstić information content (AvgIpc) is 3.08. The van der Waals surface area contributed by atoms with Gasteiger partial charge in [-0.15, -0.1) is 0 Å². The van der Waals surface area contributed by atoms with Crippen molar-refractivity contribution in [3.05, 3.63) is 5.69 Å². The van der Waals surface area contributed by atoms with Crippen molar-refractivity contribution in [3.63, 3.8) is 0 Å². The summed E-state index contributed by atoms with van der Waals surface area (Å²) in [5.41, 5.74) is 1.99. The van der Waals surface area contributed by atoms with E-state index in [0.29, 0.717) is 8.85 Å². The summed E-state index contributed by atoms with van der Waals surface area (Å²) >= 11 is -0.783. The van der Waals surface area contributed by atoms with E-state index >= 15 is 0 Å². The van der Waals surface area contributed by atoms with Crippen LogP contribution in [-0.2, 0) is 6.54 Å². The van der Waals surface area contributed by atoms with E-state index in [1.165, 1.54) is 86.5 Å². The second kappa shape index (κ2) is 10.7. The van der Waals surface area contributed by atoms with E-state index in [-0.39, 0.29) is 0 Å². The molecule has 3 aliphatic carbocycles. The molecule has 0 aromatic carbocycles. The van der Waals surface area contributed by atoms with Gasteiger partial charge in [0.1, 0.15) is 0 Å². The third kappa shape index (κ3) is 5.28. The summed E-state index contributed by atoms with van der Waals surface area (Å²) in [4.78, 5) is 0. The standard InChI is InChI=1S/C13H20N3.C13H27.Sn/c1-9-7-14-15-16(9)8-10-4-5-11-6-12(10)13(11,2)3;1-4-7-10-13(11-8-5-2)12-9-6-3;/h10-12H,4-6,8H2,1-3H3;4-12H2,1-3H3;/t10-,11-,12-;;/m0../s1. The molecule has 1 heterocycles. The van der Waals surface area contributed by atoms with Gasteiger partial charge in [0.25, 0.3) is 0 Å². The molecule has 3 saturated carbocycles. The van der Waals surface area contributed by atoms with Crippen molar-refractivity contribution in [3.8, 4) is 0 Å². The van der Waals surface area contributed by atoms with E-state index in [0.717, 1.165) is 24.3 Å². The van der Waals surface area contributed by atoms with Crippen molar-refractivity contribution in [2.75, 3.05) is 0 Å². The van der Waals surface area contributed by atoms with E-state index in [2.05, 4.69) is 46.2 Å². The predicted molar refractivity (Wildman–Crippen MR) is 130 cm³/mol. The first-order chi connectivity index (χ1) is 14.4. The number of fused-ring (bicyclic) bond motifs is 2. The maximum absolute atomic E-state index is 4.85. The molecule has 0 spiro atoms. The van der Waals surface area contributed by atoms with Gasteiger partial charge in [-0.3, -0.25) is 0 Å². The van der Waals surface area contributed by atoms with Crippen LogP contribution >= 0.6 is 0 Å². The molecule has 2 radical (unpaired) electrons. The van der Waals surface area contributed by atoms with Crippen molar-refractivity contribution >= 4 is 24.9 Å². The number of hydrogen-bond donors (Lipinski definition) is 0. The number of unbranched alkanes of at least 4 members (excludes halogenated alkanes) is 3. The van der Waals surface area contributed by atoms with Crippen LogP contribution in [0.2, 0.25) is 3.43 Å². The summed E-state index contributed by atoms with van der Waals surface area (Å²) in [6.45, 7) is 15.5. The monoisotopic (exact) mass is 521 g/mol. The molecule has 4 heteroatoms. The average molecular weight is 520 g/mol. The molecule has 3 nitrogen and oxygen atoms in total. The zero-order chi connectivity index (χ0) is 21.8. The van der Waals surface area contributed by atoms with E-state index in [1.807, 2.05) is 0 Å². The molecule has 1 aromatic heterocycles. The summed E-state index contributed by atoms with van der Waals surface area (Å²) in [7, 11) is 0. The van der Waals surface area contributed by atoms with Crippen LogP contribution in [-0.4, -0.2) is 36.1 Å². The van der Waals surface area contributed by atoms with Gasteiger partial charge in [0.2, 0.25) is 0 Å². The summed E-state index contributed by atoms with van der Waals surface area (Å²) in [6.07, 6.45) is 16.7. The second-order valence-corrected chi connectivity index (χ2v) is 16.2. The second-order valence-electron chi connectivity index (χ2n) is 11.1. The van der Waals surface area contributed by atoms with Crippen LogP contribution in [0, 0.1) is 30.1 Å². The third-order valence-corrected chi connectivity index (χ3v) is 14.4. The Morgan fingerprint density at radius 2 is 1.60 bits per heavy atom. The van der Waals surface area contributed by atoms with Crippen LogP contribution in [0.1, 0.15) is 117 Å². The number of hydrogen-bond acceptors (Lipinski definition) is 2. The van der Waals surface area contributed by atoms with Crippen LogP contribution < -0.4 is 3.71 Å². The predicted octanol–water partition coefficient (Wildman–Crippen LogP) is 6.72. The topological polar surface area (TPSA) is 30.7 Å². The molecule has 0 aliphatic heterocycles. The van der Waals surface area contributed by atoms with Crippen molar-refractivity contribution in [2.45, 2.75) is 129 Å². The molecule has 3 fully saturated rings. The fraction of sp³-hybridized carbons (Fsp3) is 0.923. The first-order valence-corrected chi connectivity index (χ1v) is 15.9. The van der Waals surface area contributed by atoms with Gasteiger partial charge in [-0.25, -0.2) is 0 Å². The van der Waals surface area contributed by atoms with Crippen LogP contribution in [0.3, 0.4) is 0 Å². The Hall–Kier alpha value is -0.0613. The van der Waals surface area contributed by atoms with E-state index < -0.39 is 21.1 Å². The zero-order valence-electron chi connectivity index (χ0n) is 20.8. The van der Waals surface area contributed by atoms with Gasteiger partial charge in [-0.1, -0.05) is 0 Å². The molecule has 3 atom stereocenters. The molecule has 0 amide bonds. The van der Waals surface area contributed by atoms with Gasteiger partial charge in [0, 0.05) is 0 Å². The Morgan fingerprint density at radius 3 is 2.10 bits per heavy atom. The van der Waals surface area contributed by atoms with E-state index in [4.69, 9.17) is 10.3 Å². The molecular formula is C26H47N3Sn. The van der Waals surface area contributed by atoms with Crippen molar-refractivity contribution in [1.82, 2.24) is 15.0 Å². The summed E-state index contributed by atoms with van der Waals surface area (Å²) in [5.74, 6) is 2.70. The molecule has 30 heavy (non-hydrogen) atoms. The zero-order valence-corrected chi connectivity index (χ0v) is 23.6. The van der Waals surface area contributed by atoms with E-state index in [9.17, 15) is 0 Å². The molecule has 170 valence electrons. The van der Waals surface area contributed by atoms with Crippen molar-refractivity contribution in [1.29, 1.82) is 0 Å². The SMILES string of the molecule is CCCC[C](CCCC)(CCCC)[Sn][c]1nnn(C[C@@H]2CC[C@H]3C[C@@H]2C3(C)C)c1C. The van der Waals surface area contributed by atoms with Gasteiger partial charge in [-0.05, 0) is 0 Å². The fourth-order valence-corrected chi connectivity index (χ4v) is 11.6. The summed E-state index contributed by atoms with van der Waals surface area (Å²) in [6, 6.07) is 0. The van der Waals surface area contributed by atoms with Crippen molar-refractivity contribution in [2.24, 2.45) is 23.2 Å². The fourth-order valence-electron chi connectivity index (χ4n) is 6.41. The normalized spacial score (nSPS) is 25.3. The molecule has 0 N–H and O–H groups in total. The van der Waals surface area contributed by atoms with Crippen LogP contribution in [0.4, 0.5) is 0 Å². The molecule has 2 bridgehead atoms. The minimum atomic E-state index is -0.783. The Balaban J connectivity index is 1.73. The van der Waals surface area contributed by atoms with Gasteiger partial charge >= 0.3 is 197 Å². The Bertz CT molecular complexity index is 641.